The van der Waals surface area contributed by atoms with E-state index in [-0.39, 0.29) is 16.5 Å². The van der Waals surface area contributed by atoms with E-state index >= 15 is 0 Å². The number of nitrogens with zero attached hydrogens (tertiary/aromatic N) is 1. The lowest BCUT2D eigenvalue weighted by Crippen LogP contribution is -2.26. The van der Waals surface area contributed by atoms with Crippen LogP contribution in [-0.4, -0.2) is 26.9 Å². The van der Waals surface area contributed by atoms with E-state index < -0.39 is 10.0 Å². The Morgan fingerprint density at radius 1 is 1.14 bits per heavy atom. The second-order valence-corrected chi connectivity index (χ2v) is 7.46. The lowest BCUT2D eigenvalue weighted by molar-refractivity contribution is 0.414. The maximum absolute atomic E-state index is 12.6. The standard InChI is InChI=1S/C16H18ClNO3S/c1-12-4-9-16(15(17)10-12)22(19,20)18(2)11-13-5-7-14(21-3)8-6-13/h4-10H,11H2,1-3H3. The summed E-state index contributed by atoms with van der Waals surface area (Å²) in [5, 5.41) is 0.238. The molecule has 118 valence electrons. The summed E-state index contributed by atoms with van der Waals surface area (Å²) in [7, 11) is -0.504. The first kappa shape index (κ1) is 16.8. The summed E-state index contributed by atoms with van der Waals surface area (Å²) in [5.41, 5.74) is 1.79. The molecule has 0 heterocycles. The van der Waals surface area contributed by atoms with E-state index in [1.807, 2.05) is 19.1 Å². The minimum Gasteiger partial charge on any atom is -0.497 e. The summed E-state index contributed by atoms with van der Waals surface area (Å²) in [6, 6.07) is 12.2. The molecule has 4 nitrogen and oxygen atoms in total. The molecule has 2 rings (SSSR count). The average molecular weight is 340 g/mol. The second kappa shape index (κ2) is 6.69. The summed E-state index contributed by atoms with van der Waals surface area (Å²) in [6.45, 7) is 2.12. The van der Waals surface area contributed by atoms with Crippen molar-refractivity contribution in [1.29, 1.82) is 0 Å². The van der Waals surface area contributed by atoms with E-state index in [1.54, 1.807) is 31.4 Å². The second-order valence-electron chi connectivity index (χ2n) is 5.04. The Labute approximate surface area is 136 Å². The molecule has 0 aliphatic heterocycles. The third-order valence-corrected chi connectivity index (χ3v) is 5.63. The number of benzene rings is 2. The highest BCUT2D eigenvalue weighted by atomic mass is 35.5. The number of aryl methyl sites for hydroxylation is 1. The largest absolute Gasteiger partial charge is 0.497 e. The average Bonchev–Trinajstić information content (AvgIpc) is 2.47. The van der Waals surface area contributed by atoms with Gasteiger partial charge in [-0.05, 0) is 42.3 Å². The predicted molar refractivity (Wildman–Crippen MR) is 87.8 cm³/mol. The van der Waals surface area contributed by atoms with Crippen LogP contribution < -0.4 is 4.74 Å². The maximum Gasteiger partial charge on any atom is 0.244 e. The van der Waals surface area contributed by atoms with Gasteiger partial charge in [0.15, 0.2) is 0 Å². The maximum atomic E-state index is 12.6. The van der Waals surface area contributed by atoms with Crippen LogP contribution in [0.2, 0.25) is 5.02 Å². The van der Waals surface area contributed by atoms with Crippen molar-refractivity contribution in [1.82, 2.24) is 4.31 Å². The van der Waals surface area contributed by atoms with Crippen molar-refractivity contribution in [2.75, 3.05) is 14.2 Å². The van der Waals surface area contributed by atoms with Gasteiger partial charge in [0.25, 0.3) is 0 Å². The number of hydrogen-bond acceptors (Lipinski definition) is 3. The van der Waals surface area contributed by atoms with Crippen molar-refractivity contribution >= 4 is 21.6 Å². The Bertz CT molecular complexity index is 757. The highest BCUT2D eigenvalue weighted by Crippen LogP contribution is 2.26. The van der Waals surface area contributed by atoms with Crippen LogP contribution in [0.4, 0.5) is 0 Å². The molecule has 0 bridgehead atoms. The zero-order valence-electron chi connectivity index (χ0n) is 12.7. The van der Waals surface area contributed by atoms with Gasteiger partial charge in [0.05, 0.1) is 12.1 Å². The normalized spacial score (nSPS) is 11.7. The molecular weight excluding hydrogens is 322 g/mol. The number of rotatable bonds is 5. The van der Waals surface area contributed by atoms with Gasteiger partial charge in [0, 0.05) is 13.6 Å². The minimum absolute atomic E-state index is 0.121. The Balaban J connectivity index is 2.24. The summed E-state index contributed by atoms with van der Waals surface area (Å²) in [5.74, 6) is 0.732. The van der Waals surface area contributed by atoms with Crippen molar-refractivity contribution < 1.29 is 13.2 Å². The van der Waals surface area contributed by atoms with Gasteiger partial charge in [0.2, 0.25) is 10.0 Å². The molecule has 2 aromatic carbocycles. The smallest absolute Gasteiger partial charge is 0.244 e. The van der Waals surface area contributed by atoms with Crippen molar-refractivity contribution in [2.24, 2.45) is 0 Å². The molecule has 0 saturated heterocycles. The summed E-state index contributed by atoms with van der Waals surface area (Å²) >= 11 is 6.08. The first-order valence-corrected chi connectivity index (χ1v) is 8.52. The molecule has 0 aliphatic carbocycles. The molecule has 0 spiro atoms. The zero-order valence-corrected chi connectivity index (χ0v) is 14.3. The van der Waals surface area contributed by atoms with Gasteiger partial charge in [0.1, 0.15) is 10.6 Å². The van der Waals surface area contributed by atoms with Crippen LogP contribution in [0.3, 0.4) is 0 Å². The van der Waals surface area contributed by atoms with E-state index in [4.69, 9.17) is 16.3 Å². The highest BCUT2D eigenvalue weighted by molar-refractivity contribution is 7.89. The number of methoxy groups -OCH3 is 1. The highest BCUT2D eigenvalue weighted by Gasteiger charge is 2.23. The predicted octanol–water partition coefficient (Wildman–Crippen LogP) is 3.48. The third-order valence-electron chi connectivity index (χ3n) is 3.34. The topological polar surface area (TPSA) is 46.6 Å². The molecule has 0 radical (unpaired) electrons. The first-order chi connectivity index (χ1) is 10.3. The van der Waals surface area contributed by atoms with Crippen LogP contribution in [0, 0.1) is 6.92 Å². The van der Waals surface area contributed by atoms with Gasteiger partial charge in [-0.1, -0.05) is 29.8 Å². The molecular formula is C16H18ClNO3S. The Hall–Kier alpha value is -1.56. The number of hydrogen-bond donors (Lipinski definition) is 0. The molecule has 0 aromatic heterocycles. The molecule has 6 heteroatoms. The first-order valence-electron chi connectivity index (χ1n) is 6.70. The molecule has 0 fully saturated rings. The molecule has 22 heavy (non-hydrogen) atoms. The van der Waals surface area contributed by atoms with E-state index in [0.29, 0.717) is 0 Å². The molecule has 0 amide bonds. The van der Waals surface area contributed by atoms with Crippen molar-refractivity contribution in [3.8, 4) is 5.75 Å². The van der Waals surface area contributed by atoms with Crippen LogP contribution in [0.15, 0.2) is 47.4 Å². The fraction of sp³-hybridized carbons (Fsp3) is 0.250. The Morgan fingerprint density at radius 3 is 2.32 bits per heavy atom. The molecule has 0 atom stereocenters. The van der Waals surface area contributed by atoms with Gasteiger partial charge in [-0.2, -0.15) is 4.31 Å². The van der Waals surface area contributed by atoms with Crippen LogP contribution in [0.1, 0.15) is 11.1 Å². The fourth-order valence-corrected chi connectivity index (χ4v) is 3.78. The number of ether oxygens (including phenoxy) is 1. The number of sulfonamides is 1. The van der Waals surface area contributed by atoms with Crippen LogP contribution in [-0.2, 0) is 16.6 Å². The lowest BCUT2D eigenvalue weighted by Gasteiger charge is -2.18. The van der Waals surface area contributed by atoms with E-state index in [1.165, 1.54) is 17.4 Å². The summed E-state index contributed by atoms with van der Waals surface area (Å²) in [6.07, 6.45) is 0. The molecule has 2 aromatic rings. The van der Waals surface area contributed by atoms with Gasteiger partial charge in [-0.15, -0.1) is 0 Å². The summed E-state index contributed by atoms with van der Waals surface area (Å²) in [4.78, 5) is 0.121. The lowest BCUT2D eigenvalue weighted by atomic mass is 10.2. The van der Waals surface area contributed by atoms with Crippen molar-refractivity contribution in [3.05, 3.63) is 58.6 Å². The van der Waals surface area contributed by atoms with E-state index in [0.717, 1.165) is 16.9 Å². The van der Waals surface area contributed by atoms with Crippen molar-refractivity contribution in [2.45, 2.75) is 18.4 Å². The van der Waals surface area contributed by atoms with Gasteiger partial charge >= 0.3 is 0 Å². The molecule has 0 aliphatic rings. The number of halogens is 1. The third kappa shape index (κ3) is 3.61. The molecule has 0 unspecified atom stereocenters. The zero-order chi connectivity index (χ0) is 16.3. The monoisotopic (exact) mass is 339 g/mol. The fourth-order valence-electron chi connectivity index (χ4n) is 2.06. The Kier molecular flexibility index (Phi) is 5.11. The molecule has 0 saturated carbocycles. The van der Waals surface area contributed by atoms with Crippen LogP contribution in [0.25, 0.3) is 0 Å². The minimum atomic E-state index is -3.63. The molecule has 0 N–H and O–H groups in total. The SMILES string of the molecule is COc1ccc(CN(C)S(=O)(=O)c2ccc(C)cc2Cl)cc1. The quantitative estimate of drug-likeness (QED) is 0.837. The van der Waals surface area contributed by atoms with Gasteiger partial charge in [-0.3, -0.25) is 0 Å². The summed E-state index contributed by atoms with van der Waals surface area (Å²) < 4.78 is 31.6. The van der Waals surface area contributed by atoms with E-state index in [9.17, 15) is 8.42 Å². The van der Waals surface area contributed by atoms with Crippen LogP contribution >= 0.6 is 11.6 Å². The van der Waals surface area contributed by atoms with Gasteiger partial charge < -0.3 is 4.74 Å². The Morgan fingerprint density at radius 2 is 1.77 bits per heavy atom. The van der Waals surface area contributed by atoms with Crippen LogP contribution in [0.5, 0.6) is 5.75 Å². The van der Waals surface area contributed by atoms with E-state index in [2.05, 4.69) is 0 Å². The van der Waals surface area contributed by atoms with Gasteiger partial charge in [-0.25, -0.2) is 8.42 Å². The van der Waals surface area contributed by atoms with Crippen molar-refractivity contribution in [3.63, 3.8) is 0 Å².